The third kappa shape index (κ3) is 3.71. The van der Waals surface area contributed by atoms with Crippen LogP contribution in [0.4, 0.5) is 0 Å². The van der Waals surface area contributed by atoms with Gasteiger partial charge in [-0.05, 0) is 35.8 Å². The molecular formula is C16H22BrN3O3S2. The van der Waals surface area contributed by atoms with E-state index in [4.69, 9.17) is 0 Å². The Morgan fingerprint density at radius 2 is 2.08 bits per heavy atom. The molecule has 25 heavy (non-hydrogen) atoms. The quantitative estimate of drug-likeness (QED) is 0.720. The van der Waals surface area contributed by atoms with Crippen LogP contribution in [0.15, 0.2) is 21.5 Å². The van der Waals surface area contributed by atoms with Crippen LogP contribution in [-0.4, -0.2) is 53.6 Å². The average molecular weight is 448 g/mol. The lowest BCUT2D eigenvalue weighted by Gasteiger charge is -2.38. The highest BCUT2D eigenvalue weighted by molar-refractivity contribution is 9.10. The third-order valence-electron chi connectivity index (χ3n) is 4.70. The van der Waals surface area contributed by atoms with Gasteiger partial charge in [-0.3, -0.25) is 9.69 Å². The molecule has 0 amide bonds. The molecule has 1 aliphatic rings. The predicted molar refractivity (Wildman–Crippen MR) is 106 cm³/mol. The minimum Gasteiger partial charge on any atom is -0.317 e. The van der Waals surface area contributed by atoms with Gasteiger partial charge < -0.3 is 4.57 Å². The monoisotopic (exact) mass is 447 g/mol. The maximum atomic E-state index is 12.3. The Hall–Kier alpha value is -0.740. The molecule has 1 unspecified atom stereocenters. The molecule has 0 radical (unpaired) electrons. The molecule has 1 fully saturated rings. The van der Waals surface area contributed by atoms with Crippen molar-refractivity contribution in [2.75, 3.05) is 25.4 Å². The molecule has 0 saturated carbocycles. The van der Waals surface area contributed by atoms with Gasteiger partial charge in [0.05, 0.1) is 20.3 Å². The van der Waals surface area contributed by atoms with E-state index in [0.29, 0.717) is 19.6 Å². The zero-order valence-electron chi connectivity index (χ0n) is 14.5. The van der Waals surface area contributed by atoms with Crippen molar-refractivity contribution in [1.82, 2.24) is 13.8 Å². The number of sulfonamides is 1. The molecule has 2 aromatic rings. The second-order valence-corrected chi connectivity index (χ2v) is 10.7. The van der Waals surface area contributed by atoms with Crippen LogP contribution in [0.25, 0.3) is 10.1 Å². The van der Waals surface area contributed by atoms with Crippen molar-refractivity contribution >= 4 is 47.4 Å². The van der Waals surface area contributed by atoms with E-state index >= 15 is 0 Å². The Morgan fingerprint density at radius 3 is 2.72 bits per heavy atom. The van der Waals surface area contributed by atoms with Crippen LogP contribution in [0.3, 0.4) is 0 Å². The van der Waals surface area contributed by atoms with E-state index in [9.17, 15) is 13.2 Å². The van der Waals surface area contributed by atoms with Crippen LogP contribution < -0.4 is 5.56 Å². The van der Waals surface area contributed by atoms with E-state index in [2.05, 4.69) is 27.8 Å². The smallest absolute Gasteiger partial charge is 0.259 e. The van der Waals surface area contributed by atoms with Crippen LogP contribution in [0.1, 0.15) is 18.7 Å². The van der Waals surface area contributed by atoms with Crippen molar-refractivity contribution in [2.24, 2.45) is 7.05 Å². The Balaban J connectivity index is 1.80. The van der Waals surface area contributed by atoms with Crippen LogP contribution in [0.5, 0.6) is 0 Å². The van der Waals surface area contributed by atoms with E-state index in [1.807, 2.05) is 6.07 Å². The number of nitrogens with zero attached hydrogens (tertiary/aromatic N) is 3. The van der Waals surface area contributed by atoms with Crippen LogP contribution in [0.2, 0.25) is 0 Å². The van der Waals surface area contributed by atoms with Gasteiger partial charge in [0.1, 0.15) is 0 Å². The summed E-state index contributed by atoms with van der Waals surface area (Å²) in [6, 6.07) is 2.11. The molecule has 1 atom stereocenters. The summed E-state index contributed by atoms with van der Waals surface area (Å²) >= 11 is 5.15. The highest BCUT2D eigenvalue weighted by Gasteiger charge is 2.30. The standard InChI is InChI=1S/C16H22BrN3O3S2/c1-4-25(22,23)20-6-5-19(11(2)8-20)9-12-7-13-15(24-12)14(17)10-18(3)16(13)21/h7,10-11H,4-6,8-9H2,1-3H3. The number of fused-ring (bicyclic) bond motifs is 1. The molecule has 2 aromatic heterocycles. The molecule has 0 aliphatic carbocycles. The van der Waals surface area contributed by atoms with E-state index in [0.717, 1.165) is 26.0 Å². The van der Waals surface area contributed by atoms with Crippen LogP contribution in [0, 0.1) is 0 Å². The number of piperazine rings is 1. The Bertz CT molecular complexity index is 951. The molecule has 0 spiro atoms. The second-order valence-electron chi connectivity index (χ2n) is 6.43. The summed E-state index contributed by atoms with van der Waals surface area (Å²) in [7, 11) is -1.38. The molecule has 3 heterocycles. The summed E-state index contributed by atoms with van der Waals surface area (Å²) in [5, 5.41) is 0.733. The number of aromatic nitrogens is 1. The molecule has 0 aromatic carbocycles. The molecule has 9 heteroatoms. The van der Waals surface area contributed by atoms with Gasteiger partial charge in [-0.25, -0.2) is 8.42 Å². The number of rotatable bonds is 4. The number of hydrogen-bond donors (Lipinski definition) is 0. The summed E-state index contributed by atoms with van der Waals surface area (Å²) in [6.07, 6.45) is 1.79. The third-order valence-corrected chi connectivity index (χ3v) is 8.57. The van der Waals surface area contributed by atoms with Crippen LogP contribution in [-0.2, 0) is 23.6 Å². The average Bonchev–Trinajstić information content (AvgIpc) is 2.99. The molecule has 6 nitrogen and oxygen atoms in total. The Labute approximate surface area is 160 Å². The summed E-state index contributed by atoms with van der Waals surface area (Å²) in [5.74, 6) is 0.146. The molecular weight excluding hydrogens is 426 g/mol. The highest BCUT2D eigenvalue weighted by Crippen LogP contribution is 2.31. The largest absolute Gasteiger partial charge is 0.317 e. The normalized spacial score (nSPS) is 20.4. The maximum absolute atomic E-state index is 12.3. The lowest BCUT2D eigenvalue weighted by atomic mass is 10.2. The van der Waals surface area contributed by atoms with Crippen molar-refractivity contribution in [3.05, 3.63) is 32.0 Å². The fourth-order valence-electron chi connectivity index (χ4n) is 3.17. The van der Waals surface area contributed by atoms with Crippen molar-refractivity contribution in [2.45, 2.75) is 26.4 Å². The summed E-state index contributed by atoms with van der Waals surface area (Å²) in [5.41, 5.74) is 0.00704. The SMILES string of the molecule is CCS(=O)(=O)N1CCN(Cc2cc3c(=O)n(C)cc(Br)c3s2)C(C)C1. The second kappa shape index (κ2) is 7.11. The van der Waals surface area contributed by atoms with Gasteiger partial charge in [0, 0.05) is 50.3 Å². The van der Waals surface area contributed by atoms with Gasteiger partial charge in [0.25, 0.3) is 5.56 Å². The molecule has 0 N–H and O–H groups in total. The van der Waals surface area contributed by atoms with Gasteiger partial charge in [-0.1, -0.05) is 0 Å². The minimum absolute atomic E-state index is 0.00704. The lowest BCUT2D eigenvalue weighted by molar-refractivity contribution is 0.123. The zero-order valence-corrected chi connectivity index (χ0v) is 17.7. The first-order chi connectivity index (χ1) is 11.7. The van der Waals surface area contributed by atoms with E-state index in [-0.39, 0.29) is 17.4 Å². The first-order valence-corrected chi connectivity index (χ1v) is 11.4. The Kier molecular flexibility index (Phi) is 5.41. The number of hydrogen-bond acceptors (Lipinski definition) is 5. The van der Waals surface area contributed by atoms with Crippen molar-refractivity contribution < 1.29 is 8.42 Å². The summed E-state index contributed by atoms with van der Waals surface area (Å²) in [4.78, 5) is 15.7. The summed E-state index contributed by atoms with van der Waals surface area (Å²) < 4.78 is 29.2. The van der Waals surface area contributed by atoms with Gasteiger partial charge in [-0.2, -0.15) is 4.31 Å². The van der Waals surface area contributed by atoms with E-state index < -0.39 is 10.0 Å². The van der Waals surface area contributed by atoms with E-state index in [1.165, 1.54) is 0 Å². The molecule has 1 aliphatic heterocycles. The van der Waals surface area contributed by atoms with E-state index in [1.54, 1.807) is 40.4 Å². The predicted octanol–water partition coefficient (Wildman–Crippen LogP) is 2.22. The lowest BCUT2D eigenvalue weighted by Crippen LogP contribution is -2.53. The molecule has 138 valence electrons. The molecule has 0 bridgehead atoms. The van der Waals surface area contributed by atoms with Crippen LogP contribution >= 0.6 is 27.3 Å². The fourth-order valence-corrected chi connectivity index (χ4v) is 6.17. The van der Waals surface area contributed by atoms with Gasteiger partial charge in [0.2, 0.25) is 10.0 Å². The zero-order chi connectivity index (χ0) is 18.4. The first kappa shape index (κ1) is 19.0. The fraction of sp³-hybridized carbons (Fsp3) is 0.562. The number of thiophene rings is 1. The highest BCUT2D eigenvalue weighted by atomic mass is 79.9. The topological polar surface area (TPSA) is 62.6 Å². The first-order valence-electron chi connectivity index (χ1n) is 8.22. The minimum atomic E-state index is -3.13. The number of halogens is 1. The Morgan fingerprint density at radius 1 is 1.36 bits per heavy atom. The number of aryl methyl sites for hydroxylation is 1. The molecule has 1 saturated heterocycles. The van der Waals surface area contributed by atoms with Crippen molar-refractivity contribution in [3.63, 3.8) is 0 Å². The molecule has 3 rings (SSSR count). The number of pyridine rings is 1. The maximum Gasteiger partial charge on any atom is 0.259 e. The summed E-state index contributed by atoms with van der Waals surface area (Å²) in [6.45, 7) is 6.22. The van der Waals surface area contributed by atoms with Gasteiger partial charge in [-0.15, -0.1) is 11.3 Å². The van der Waals surface area contributed by atoms with Gasteiger partial charge in [0.15, 0.2) is 0 Å². The van der Waals surface area contributed by atoms with Crippen molar-refractivity contribution in [3.8, 4) is 0 Å². The van der Waals surface area contributed by atoms with Crippen molar-refractivity contribution in [1.29, 1.82) is 0 Å². The van der Waals surface area contributed by atoms with Gasteiger partial charge >= 0.3 is 0 Å².